The van der Waals surface area contributed by atoms with Gasteiger partial charge in [0.05, 0.1) is 6.04 Å². The summed E-state index contributed by atoms with van der Waals surface area (Å²) in [6.07, 6.45) is 0.938. The molecule has 1 rings (SSSR count). The second-order valence-electron chi connectivity index (χ2n) is 4.41. The van der Waals surface area contributed by atoms with Gasteiger partial charge >= 0.3 is 0 Å². The summed E-state index contributed by atoms with van der Waals surface area (Å²) in [7, 11) is 3.85. The lowest BCUT2D eigenvalue weighted by molar-refractivity contribution is -0.122. The van der Waals surface area contributed by atoms with Gasteiger partial charge in [0, 0.05) is 25.8 Å². The van der Waals surface area contributed by atoms with Crippen molar-refractivity contribution in [2.75, 3.05) is 32.1 Å². The lowest BCUT2D eigenvalue weighted by atomic mass is 10.2. The van der Waals surface area contributed by atoms with Crippen molar-refractivity contribution in [2.24, 2.45) is 0 Å². The van der Waals surface area contributed by atoms with Crippen LogP contribution in [0.1, 0.15) is 13.3 Å². The van der Waals surface area contributed by atoms with E-state index >= 15 is 0 Å². The molecule has 1 aromatic rings. The van der Waals surface area contributed by atoms with E-state index in [2.05, 4.69) is 34.7 Å². The summed E-state index contributed by atoms with van der Waals surface area (Å²) in [6.45, 7) is 3.49. The number of hydrogen-bond donors (Lipinski definition) is 2. The van der Waals surface area contributed by atoms with Crippen LogP contribution in [-0.4, -0.2) is 39.1 Å². The highest BCUT2D eigenvalue weighted by atomic mass is 16.2. The molecule has 0 aliphatic rings. The van der Waals surface area contributed by atoms with Crippen molar-refractivity contribution in [3.8, 4) is 0 Å². The van der Waals surface area contributed by atoms with Crippen LogP contribution < -0.4 is 15.5 Å². The maximum Gasteiger partial charge on any atom is 0.236 e. The van der Waals surface area contributed by atoms with Crippen LogP contribution in [0.25, 0.3) is 0 Å². The molecule has 0 saturated heterocycles. The van der Waals surface area contributed by atoms with E-state index in [0.717, 1.165) is 13.0 Å². The summed E-state index contributed by atoms with van der Waals surface area (Å²) >= 11 is 0. The smallest absolute Gasteiger partial charge is 0.236 e. The third kappa shape index (κ3) is 4.75. The quantitative estimate of drug-likeness (QED) is 0.715. The maximum atomic E-state index is 11.5. The molecule has 0 fully saturated rings. The molecule has 0 aliphatic carbocycles. The molecule has 0 saturated carbocycles. The molecule has 0 radical (unpaired) electrons. The molecule has 1 unspecified atom stereocenters. The zero-order valence-corrected chi connectivity index (χ0v) is 11.4. The molecule has 4 heteroatoms. The number of rotatable bonds is 7. The number of para-hydroxylation sites is 1. The molecule has 0 aromatic heterocycles. The Kier molecular flexibility index (Phi) is 6.22. The van der Waals surface area contributed by atoms with Crippen molar-refractivity contribution < 1.29 is 4.79 Å². The van der Waals surface area contributed by atoms with Crippen LogP contribution in [0.3, 0.4) is 0 Å². The average molecular weight is 249 g/mol. The molecule has 100 valence electrons. The van der Waals surface area contributed by atoms with Crippen LogP contribution in [0.15, 0.2) is 30.3 Å². The molecule has 1 aromatic carbocycles. The lowest BCUT2D eigenvalue weighted by Crippen LogP contribution is -2.41. The zero-order valence-electron chi connectivity index (χ0n) is 11.4. The Balaban J connectivity index is 2.20. The minimum atomic E-state index is -0.128. The first kappa shape index (κ1) is 14.5. The van der Waals surface area contributed by atoms with E-state index in [1.807, 2.05) is 25.1 Å². The molecule has 1 atom stereocenters. The summed E-state index contributed by atoms with van der Waals surface area (Å²) in [4.78, 5) is 13.7. The van der Waals surface area contributed by atoms with Crippen molar-refractivity contribution in [3.63, 3.8) is 0 Å². The first-order valence-electron chi connectivity index (χ1n) is 6.36. The van der Waals surface area contributed by atoms with E-state index < -0.39 is 0 Å². The minimum Gasteiger partial charge on any atom is -0.375 e. The highest BCUT2D eigenvalue weighted by Crippen LogP contribution is 2.10. The first-order valence-corrected chi connectivity index (χ1v) is 6.36. The Morgan fingerprint density at radius 1 is 1.33 bits per heavy atom. The van der Waals surface area contributed by atoms with E-state index in [1.54, 1.807) is 7.05 Å². The van der Waals surface area contributed by atoms with E-state index in [1.165, 1.54) is 5.69 Å². The van der Waals surface area contributed by atoms with Gasteiger partial charge in [0.1, 0.15) is 0 Å². The Morgan fingerprint density at radius 3 is 2.61 bits per heavy atom. The highest BCUT2D eigenvalue weighted by Gasteiger charge is 2.08. The van der Waals surface area contributed by atoms with Crippen molar-refractivity contribution in [1.29, 1.82) is 0 Å². The normalized spacial score (nSPS) is 11.9. The van der Waals surface area contributed by atoms with Crippen molar-refractivity contribution in [3.05, 3.63) is 30.3 Å². The van der Waals surface area contributed by atoms with Gasteiger partial charge in [-0.25, -0.2) is 0 Å². The number of amides is 1. The molecular weight excluding hydrogens is 226 g/mol. The van der Waals surface area contributed by atoms with E-state index in [0.29, 0.717) is 6.54 Å². The van der Waals surface area contributed by atoms with Crippen LogP contribution >= 0.6 is 0 Å². The molecule has 0 spiro atoms. The monoisotopic (exact) mass is 249 g/mol. The van der Waals surface area contributed by atoms with Crippen molar-refractivity contribution in [2.45, 2.75) is 19.4 Å². The average Bonchev–Trinajstić information content (AvgIpc) is 2.43. The van der Waals surface area contributed by atoms with E-state index in [-0.39, 0.29) is 11.9 Å². The van der Waals surface area contributed by atoms with Crippen LogP contribution in [0.5, 0.6) is 0 Å². The van der Waals surface area contributed by atoms with Crippen molar-refractivity contribution in [1.82, 2.24) is 10.6 Å². The van der Waals surface area contributed by atoms with Gasteiger partial charge in [0.25, 0.3) is 0 Å². The highest BCUT2D eigenvalue weighted by molar-refractivity contribution is 5.81. The van der Waals surface area contributed by atoms with Gasteiger partial charge in [-0.15, -0.1) is 0 Å². The predicted octanol–water partition coefficient (Wildman–Crippen LogP) is 1.24. The van der Waals surface area contributed by atoms with Gasteiger partial charge < -0.3 is 15.5 Å². The molecule has 0 aliphatic heterocycles. The van der Waals surface area contributed by atoms with Crippen molar-refractivity contribution >= 4 is 11.6 Å². The van der Waals surface area contributed by atoms with Crippen LogP contribution in [-0.2, 0) is 4.79 Å². The predicted molar refractivity (Wildman–Crippen MR) is 75.9 cm³/mol. The molecule has 0 heterocycles. The molecule has 1 amide bonds. The van der Waals surface area contributed by atoms with E-state index in [4.69, 9.17) is 0 Å². The fourth-order valence-electron chi connectivity index (χ4n) is 1.62. The first-order chi connectivity index (χ1) is 8.65. The number of carbonyl (C=O) groups excluding carboxylic acids is 1. The summed E-state index contributed by atoms with van der Waals surface area (Å²) in [5.74, 6) is 0.0554. The van der Waals surface area contributed by atoms with E-state index in [9.17, 15) is 4.79 Å². The molecular formula is C14H23N3O. The fourth-order valence-corrected chi connectivity index (χ4v) is 1.62. The van der Waals surface area contributed by atoms with Gasteiger partial charge in [0.2, 0.25) is 5.91 Å². The number of benzene rings is 1. The number of nitrogens with zero attached hydrogens (tertiary/aromatic N) is 1. The van der Waals surface area contributed by atoms with Gasteiger partial charge in [-0.1, -0.05) is 18.2 Å². The molecule has 0 bridgehead atoms. The number of anilines is 1. The maximum absolute atomic E-state index is 11.5. The number of likely N-dealkylation sites (N-methyl/N-ethyl adjacent to an activating group) is 1. The largest absolute Gasteiger partial charge is 0.375 e. The summed E-state index contributed by atoms with van der Waals surface area (Å²) < 4.78 is 0. The van der Waals surface area contributed by atoms with Gasteiger partial charge in [-0.2, -0.15) is 0 Å². The topological polar surface area (TPSA) is 44.4 Å². The van der Waals surface area contributed by atoms with Crippen LogP contribution in [0.2, 0.25) is 0 Å². The van der Waals surface area contributed by atoms with Gasteiger partial charge in [-0.05, 0) is 32.5 Å². The third-order valence-corrected chi connectivity index (χ3v) is 2.99. The number of hydrogen-bond acceptors (Lipinski definition) is 3. The molecule has 2 N–H and O–H groups in total. The Bertz CT molecular complexity index is 353. The fraction of sp³-hybridized carbons (Fsp3) is 0.500. The Labute approximate surface area is 109 Å². The number of nitrogens with one attached hydrogen (secondary N) is 2. The third-order valence-electron chi connectivity index (χ3n) is 2.99. The Morgan fingerprint density at radius 2 is 2.00 bits per heavy atom. The standard InChI is InChI=1S/C14H23N3O/c1-12(15-2)14(18)16-10-7-11-17(3)13-8-5-4-6-9-13/h4-6,8-9,12,15H,7,10-11H2,1-3H3,(H,16,18). The SMILES string of the molecule is CNC(C)C(=O)NCCCN(C)c1ccccc1. The summed E-state index contributed by atoms with van der Waals surface area (Å²) in [5, 5.41) is 5.83. The van der Waals surface area contributed by atoms with Crippen LogP contribution in [0.4, 0.5) is 5.69 Å². The zero-order chi connectivity index (χ0) is 13.4. The molecule has 4 nitrogen and oxygen atoms in total. The minimum absolute atomic E-state index is 0.0554. The van der Waals surface area contributed by atoms with Gasteiger partial charge in [0.15, 0.2) is 0 Å². The Hall–Kier alpha value is -1.55. The van der Waals surface area contributed by atoms with Crippen LogP contribution in [0, 0.1) is 0 Å². The number of carbonyl (C=O) groups is 1. The lowest BCUT2D eigenvalue weighted by Gasteiger charge is -2.19. The van der Waals surface area contributed by atoms with Gasteiger partial charge in [-0.3, -0.25) is 4.79 Å². The molecule has 18 heavy (non-hydrogen) atoms. The second kappa shape index (κ2) is 7.71. The summed E-state index contributed by atoms with van der Waals surface area (Å²) in [6, 6.07) is 10.1. The summed E-state index contributed by atoms with van der Waals surface area (Å²) in [5.41, 5.74) is 1.20. The second-order valence-corrected chi connectivity index (χ2v) is 4.41.